The fourth-order valence-electron chi connectivity index (χ4n) is 3.05. The molecule has 1 aromatic rings. The highest BCUT2D eigenvalue weighted by Crippen LogP contribution is 2.44. The molecule has 5 heteroatoms. The van der Waals surface area contributed by atoms with E-state index in [9.17, 15) is 0 Å². The maximum absolute atomic E-state index is 5.29. The SMILES string of the molecule is CCNCc1sc(N2CCC(COC)CC2)nc1C1CC1. The Hall–Kier alpha value is -0.650. The van der Waals surface area contributed by atoms with Crippen LogP contribution in [0.1, 0.15) is 49.1 Å². The molecule has 0 bridgehead atoms. The molecule has 2 aliphatic rings. The number of aromatic nitrogens is 1. The van der Waals surface area contributed by atoms with Gasteiger partial charge in [0.15, 0.2) is 5.13 Å². The molecular formula is C16H27N3OS. The molecule has 3 rings (SSSR count). The summed E-state index contributed by atoms with van der Waals surface area (Å²) in [4.78, 5) is 8.94. The molecule has 1 aliphatic carbocycles. The van der Waals surface area contributed by atoms with Crippen LogP contribution < -0.4 is 10.2 Å². The van der Waals surface area contributed by atoms with Crippen LogP contribution in [0.15, 0.2) is 0 Å². The molecule has 1 aromatic heterocycles. The molecule has 0 amide bonds. The average Bonchev–Trinajstić information content (AvgIpc) is 3.26. The summed E-state index contributed by atoms with van der Waals surface area (Å²) in [5.41, 5.74) is 1.38. The molecular weight excluding hydrogens is 282 g/mol. The first-order valence-corrected chi connectivity index (χ1v) is 9.07. The molecule has 0 radical (unpaired) electrons. The lowest BCUT2D eigenvalue weighted by Crippen LogP contribution is -2.34. The molecule has 118 valence electrons. The van der Waals surface area contributed by atoms with Crippen molar-refractivity contribution in [2.24, 2.45) is 5.92 Å². The third kappa shape index (κ3) is 3.76. The van der Waals surface area contributed by atoms with E-state index in [1.807, 2.05) is 18.4 Å². The third-order valence-corrected chi connectivity index (χ3v) is 5.64. The van der Waals surface area contributed by atoms with E-state index < -0.39 is 0 Å². The molecule has 4 nitrogen and oxygen atoms in total. The van der Waals surface area contributed by atoms with Gasteiger partial charge in [-0.3, -0.25) is 0 Å². The number of rotatable bonds is 7. The van der Waals surface area contributed by atoms with E-state index in [1.165, 1.54) is 41.4 Å². The van der Waals surface area contributed by atoms with Gasteiger partial charge in [-0.05, 0) is 38.1 Å². The topological polar surface area (TPSA) is 37.4 Å². The Balaban J connectivity index is 1.65. The standard InChI is InChI=1S/C16H27N3OS/c1-3-17-10-14-15(13-4-5-13)18-16(21-14)19-8-6-12(7-9-19)11-20-2/h12-13,17H,3-11H2,1-2H3. The van der Waals surface area contributed by atoms with Gasteiger partial charge in [0.05, 0.1) is 5.69 Å². The molecule has 2 heterocycles. The Morgan fingerprint density at radius 1 is 1.29 bits per heavy atom. The number of hydrogen-bond donors (Lipinski definition) is 1. The zero-order chi connectivity index (χ0) is 14.7. The van der Waals surface area contributed by atoms with Gasteiger partial charge in [0, 0.05) is 44.1 Å². The Kier molecular flexibility index (Phi) is 5.14. The number of methoxy groups -OCH3 is 1. The lowest BCUT2D eigenvalue weighted by atomic mass is 9.98. The number of thiazole rings is 1. The summed E-state index contributed by atoms with van der Waals surface area (Å²) in [7, 11) is 1.81. The van der Waals surface area contributed by atoms with E-state index in [0.717, 1.165) is 44.6 Å². The molecule has 0 aromatic carbocycles. The Morgan fingerprint density at radius 2 is 2.05 bits per heavy atom. The molecule has 0 atom stereocenters. The van der Waals surface area contributed by atoms with Gasteiger partial charge < -0.3 is 15.0 Å². The van der Waals surface area contributed by atoms with Gasteiger partial charge in [-0.15, -0.1) is 11.3 Å². The van der Waals surface area contributed by atoms with Crippen LogP contribution in [0.5, 0.6) is 0 Å². The first-order chi connectivity index (χ1) is 10.3. The Morgan fingerprint density at radius 3 is 2.67 bits per heavy atom. The second-order valence-corrected chi connectivity index (χ2v) is 7.31. The summed E-state index contributed by atoms with van der Waals surface area (Å²) < 4.78 is 5.29. The predicted octanol–water partition coefficient (Wildman–Crippen LogP) is 2.99. The first-order valence-electron chi connectivity index (χ1n) is 8.26. The number of piperidine rings is 1. The highest BCUT2D eigenvalue weighted by atomic mass is 32.1. The van der Waals surface area contributed by atoms with E-state index in [-0.39, 0.29) is 0 Å². The minimum atomic E-state index is 0.732. The van der Waals surface area contributed by atoms with Crippen molar-refractivity contribution in [3.63, 3.8) is 0 Å². The summed E-state index contributed by atoms with van der Waals surface area (Å²) in [5, 5.41) is 4.71. The molecule has 1 saturated heterocycles. The average molecular weight is 309 g/mol. The van der Waals surface area contributed by atoms with Gasteiger partial charge in [0.25, 0.3) is 0 Å². The van der Waals surface area contributed by atoms with Gasteiger partial charge in [0.1, 0.15) is 0 Å². The summed E-state index contributed by atoms with van der Waals surface area (Å²) in [6.45, 7) is 7.35. The van der Waals surface area contributed by atoms with Crippen molar-refractivity contribution in [2.45, 2.75) is 45.1 Å². The lowest BCUT2D eigenvalue weighted by Gasteiger charge is -2.31. The van der Waals surface area contributed by atoms with Crippen molar-refractivity contribution < 1.29 is 4.74 Å². The minimum absolute atomic E-state index is 0.732. The number of hydrogen-bond acceptors (Lipinski definition) is 5. The highest BCUT2D eigenvalue weighted by molar-refractivity contribution is 7.15. The summed E-state index contributed by atoms with van der Waals surface area (Å²) in [6.07, 6.45) is 5.12. The van der Waals surface area contributed by atoms with Crippen LogP contribution in [0.2, 0.25) is 0 Å². The van der Waals surface area contributed by atoms with Crippen LogP contribution in [-0.4, -0.2) is 38.3 Å². The second kappa shape index (κ2) is 7.07. The fourth-order valence-corrected chi connectivity index (χ4v) is 4.22. The van der Waals surface area contributed by atoms with Crippen molar-refractivity contribution in [1.82, 2.24) is 10.3 Å². The van der Waals surface area contributed by atoms with E-state index in [0.29, 0.717) is 0 Å². The predicted molar refractivity (Wildman–Crippen MR) is 88.3 cm³/mol. The Bertz CT molecular complexity index is 450. The van der Waals surface area contributed by atoms with Crippen LogP contribution in [0.25, 0.3) is 0 Å². The van der Waals surface area contributed by atoms with Crippen molar-refractivity contribution in [3.05, 3.63) is 10.6 Å². The number of ether oxygens (including phenoxy) is 1. The number of anilines is 1. The highest BCUT2D eigenvalue weighted by Gasteiger charge is 2.31. The van der Waals surface area contributed by atoms with Gasteiger partial charge >= 0.3 is 0 Å². The zero-order valence-electron chi connectivity index (χ0n) is 13.2. The van der Waals surface area contributed by atoms with Gasteiger partial charge in [-0.2, -0.15) is 0 Å². The smallest absolute Gasteiger partial charge is 0.185 e. The largest absolute Gasteiger partial charge is 0.384 e. The fraction of sp³-hybridized carbons (Fsp3) is 0.812. The van der Waals surface area contributed by atoms with E-state index in [1.54, 1.807) is 0 Å². The van der Waals surface area contributed by atoms with Crippen molar-refractivity contribution in [2.75, 3.05) is 38.3 Å². The lowest BCUT2D eigenvalue weighted by molar-refractivity contribution is 0.139. The van der Waals surface area contributed by atoms with Gasteiger partial charge in [-0.1, -0.05) is 6.92 Å². The van der Waals surface area contributed by atoms with Crippen molar-refractivity contribution in [1.29, 1.82) is 0 Å². The first kappa shape index (κ1) is 15.3. The second-order valence-electron chi connectivity index (χ2n) is 6.25. The summed E-state index contributed by atoms with van der Waals surface area (Å²) in [6, 6.07) is 0. The van der Waals surface area contributed by atoms with Crippen molar-refractivity contribution >= 4 is 16.5 Å². The molecule has 1 N–H and O–H groups in total. The van der Waals surface area contributed by atoms with Gasteiger partial charge in [-0.25, -0.2) is 4.98 Å². The third-order valence-electron chi connectivity index (χ3n) is 4.50. The van der Waals surface area contributed by atoms with Gasteiger partial charge in [0.2, 0.25) is 0 Å². The van der Waals surface area contributed by atoms with E-state index >= 15 is 0 Å². The van der Waals surface area contributed by atoms with Crippen LogP contribution >= 0.6 is 11.3 Å². The number of nitrogens with zero attached hydrogens (tertiary/aromatic N) is 2. The van der Waals surface area contributed by atoms with Crippen LogP contribution in [0.3, 0.4) is 0 Å². The summed E-state index contributed by atoms with van der Waals surface area (Å²) >= 11 is 1.91. The van der Waals surface area contributed by atoms with Crippen LogP contribution in [0.4, 0.5) is 5.13 Å². The maximum atomic E-state index is 5.29. The molecule has 0 spiro atoms. The summed E-state index contributed by atoms with van der Waals surface area (Å²) in [5.74, 6) is 1.48. The maximum Gasteiger partial charge on any atom is 0.185 e. The molecule has 1 aliphatic heterocycles. The zero-order valence-corrected chi connectivity index (χ0v) is 14.0. The minimum Gasteiger partial charge on any atom is -0.384 e. The van der Waals surface area contributed by atoms with Crippen LogP contribution in [0, 0.1) is 5.92 Å². The van der Waals surface area contributed by atoms with Crippen LogP contribution in [-0.2, 0) is 11.3 Å². The molecule has 1 saturated carbocycles. The van der Waals surface area contributed by atoms with E-state index in [4.69, 9.17) is 9.72 Å². The molecule has 2 fully saturated rings. The van der Waals surface area contributed by atoms with Crippen molar-refractivity contribution in [3.8, 4) is 0 Å². The monoisotopic (exact) mass is 309 g/mol. The quantitative estimate of drug-likeness (QED) is 0.840. The normalized spacial score (nSPS) is 20.2. The number of nitrogens with one attached hydrogen (secondary N) is 1. The Labute approximate surface area is 131 Å². The molecule has 0 unspecified atom stereocenters. The van der Waals surface area contributed by atoms with E-state index in [2.05, 4.69) is 17.1 Å². The molecule has 21 heavy (non-hydrogen) atoms.